The number of carbonyl (C=O) groups excluding carboxylic acids is 1. The van der Waals surface area contributed by atoms with Crippen LogP contribution in [0.2, 0.25) is 0 Å². The Labute approximate surface area is 168 Å². The van der Waals surface area contributed by atoms with Gasteiger partial charge in [0.1, 0.15) is 18.0 Å². The minimum Gasteiger partial charge on any atom is -0.459 e. The van der Waals surface area contributed by atoms with E-state index in [4.69, 9.17) is 4.74 Å². The molecule has 3 aliphatic rings. The Morgan fingerprint density at radius 1 is 1.22 bits per heavy atom. The van der Waals surface area contributed by atoms with Gasteiger partial charge in [0.2, 0.25) is 0 Å². The molecule has 0 radical (unpaired) electrons. The van der Waals surface area contributed by atoms with Crippen LogP contribution >= 0.6 is 15.9 Å². The van der Waals surface area contributed by atoms with Crippen molar-refractivity contribution in [1.29, 1.82) is 0 Å². The topological polar surface area (TPSA) is 46.5 Å². The smallest absolute Gasteiger partial charge is 0.338 e. The second kappa shape index (κ2) is 6.28. The van der Waals surface area contributed by atoms with Crippen molar-refractivity contribution in [1.82, 2.24) is 0 Å². The van der Waals surface area contributed by atoms with E-state index < -0.39 is 17.4 Å². The molecule has 0 spiro atoms. The predicted octanol–water partition coefficient (Wildman–Crippen LogP) is 5.35. The molecule has 1 aromatic rings. The lowest BCUT2D eigenvalue weighted by molar-refractivity contribution is -0.0742. The van der Waals surface area contributed by atoms with Crippen LogP contribution in [0, 0.1) is 34.4 Å². The molecule has 0 saturated heterocycles. The van der Waals surface area contributed by atoms with Crippen LogP contribution in [0.25, 0.3) is 0 Å². The number of carbonyl (C=O) groups is 1. The third-order valence-electron chi connectivity index (χ3n) is 7.49. The van der Waals surface area contributed by atoms with Crippen LogP contribution in [0.5, 0.6) is 0 Å². The minimum atomic E-state index is -0.983. The maximum Gasteiger partial charge on any atom is 0.338 e. The zero-order chi connectivity index (χ0) is 19.6. The summed E-state index contributed by atoms with van der Waals surface area (Å²) in [7, 11) is 0. The van der Waals surface area contributed by atoms with Gasteiger partial charge in [-0.1, -0.05) is 36.7 Å². The molecular formula is C22H28BrFO3. The molecule has 5 atom stereocenters. The van der Waals surface area contributed by atoms with E-state index in [1.54, 1.807) is 0 Å². The molecule has 1 aromatic carbocycles. The van der Waals surface area contributed by atoms with Crippen molar-refractivity contribution in [2.45, 2.75) is 58.5 Å². The van der Waals surface area contributed by atoms with Crippen LogP contribution in [0.3, 0.4) is 0 Å². The standard InChI is InChI=1S/C22H28BrFO3/c1-20(2)9-14-10-21(14,3)17-4-5-22(26,18(17)11-20)12-27-19(25)13-6-15(23)8-16(24)7-13/h6-8,14,17-18,26H,4-5,9-12H2,1-3H3/t14?,17-,18+,21-,22-/m1/s1. The van der Waals surface area contributed by atoms with Crippen LogP contribution in [0.4, 0.5) is 4.39 Å². The first-order valence-electron chi connectivity index (χ1n) is 9.88. The summed E-state index contributed by atoms with van der Waals surface area (Å²) in [6.07, 6.45) is 5.09. The number of esters is 1. The first-order valence-corrected chi connectivity index (χ1v) is 10.7. The van der Waals surface area contributed by atoms with E-state index in [9.17, 15) is 14.3 Å². The zero-order valence-corrected chi connectivity index (χ0v) is 17.8. The fourth-order valence-corrected chi connectivity index (χ4v) is 6.46. The maximum atomic E-state index is 13.6. The molecule has 5 heteroatoms. The third-order valence-corrected chi connectivity index (χ3v) is 7.95. The van der Waals surface area contributed by atoms with Gasteiger partial charge in [-0.15, -0.1) is 0 Å². The number of aliphatic hydroxyl groups is 1. The molecule has 1 N–H and O–H groups in total. The SMILES string of the molecule is CC1(C)CC2C[C@@]2(C)[C@@H]2CC[C@@](O)(COC(=O)c3cc(F)cc(Br)c3)[C@H]2C1. The van der Waals surface area contributed by atoms with Crippen molar-refractivity contribution in [2.24, 2.45) is 28.6 Å². The molecule has 3 saturated carbocycles. The number of hydrogen-bond acceptors (Lipinski definition) is 3. The summed E-state index contributed by atoms with van der Waals surface area (Å²) in [5.41, 5.74) is -0.295. The number of ether oxygens (including phenoxy) is 1. The summed E-state index contributed by atoms with van der Waals surface area (Å²) >= 11 is 3.20. The highest BCUT2D eigenvalue weighted by molar-refractivity contribution is 9.10. The Balaban J connectivity index is 1.51. The summed E-state index contributed by atoms with van der Waals surface area (Å²) in [5.74, 6) is 0.329. The highest BCUT2D eigenvalue weighted by atomic mass is 79.9. The quantitative estimate of drug-likeness (QED) is 0.646. The second-order valence-corrected chi connectivity index (χ2v) is 11.0. The third kappa shape index (κ3) is 3.46. The molecular weight excluding hydrogens is 411 g/mol. The van der Waals surface area contributed by atoms with Gasteiger partial charge in [-0.2, -0.15) is 0 Å². The van der Waals surface area contributed by atoms with Gasteiger partial charge in [0, 0.05) is 4.47 Å². The average molecular weight is 439 g/mol. The van der Waals surface area contributed by atoms with E-state index in [1.807, 2.05) is 0 Å². The summed E-state index contributed by atoms with van der Waals surface area (Å²) in [6, 6.07) is 4.00. The first kappa shape index (κ1) is 19.4. The molecule has 0 amide bonds. The van der Waals surface area contributed by atoms with Gasteiger partial charge in [-0.3, -0.25) is 0 Å². The van der Waals surface area contributed by atoms with Crippen molar-refractivity contribution in [3.05, 3.63) is 34.1 Å². The molecule has 0 aliphatic heterocycles. The van der Waals surface area contributed by atoms with E-state index >= 15 is 0 Å². The van der Waals surface area contributed by atoms with Crippen molar-refractivity contribution < 1.29 is 19.0 Å². The zero-order valence-electron chi connectivity index (χ0n) is 16.2. The van der Waals surface area contributed by atoms with Crippen LogP contribution in [-0.4, -0.2) is 23.3 Å². The number of benzene rings is 1. The molecule has 4 rings (SSSR count). The number of hydrogen-bond donors (Lipinski definition) is 1. The lowest BCUT2D eigenvalue weighted by Gasteiger charge is -2.37. The summed E-state index contributed by atoms with van der Waals surface area (Å²) in [6.45, 7) is 6.95. The average Bonchev–Trinajstić information content (AvgIpc) is 3.08. The molecule has 3 aliphatic carbocycles. The van der Waals surface area contributed by atoms with Crippen molar-refractivity contribution in [3.8, 4) is 0 Å². The molecule has 1 unspecified atom stereocenters. The van der Waals surface area contributed by atoms with E-state index in [0.29, 0.717) is 22.2 Å². The molecule has 27 heavy (non-hydrogen) atoms. The van der Waals surface area contributed by atoms with Gasteiger partial charge in [0.05, 0.1) is 5.56 Å². The molecule has 0 heterocycles. The number of rotatable bonds is 3. The number of fused-ring (bicyclic) bond motifs is 3. The highest BCUT2D eigenvalue weighted by Crippen LogP contribution is 2.70. The Morgan fingerprint density at radius 3 is 2.67 bits per heavy atom. The van der Waals surface area contributed by atoms with E-state index in [1.165, 1.54) is 31.0 Å². The maximum absolute atomic E-state index is 13.6. The van der Waals surface area contributed by atoms with Crippen LogP contribution in [0.15, 0.2) is 22.7 Å². The largest absolute Gasteiger partial charge is 0.459 e. The van der Waals surface area contributed by atoms with Crippen LogP contribution < -0.4 is 0 Å². The van der Waals surface area contributed by atoms with Crippen molar-refractivity contribution >= 4 is 21.9 Å². The predicted molar refractivity (Wildman–Crippen MR) is 105 cm³/mol. The molecule has 148 valence electrons. The Morgan fingerprint density at radius 2 is 1.96 bits per heavy atom. The van der Waals surface area contributed by atoms with E-state index in [-0.39, 0.29) is 23.5 Å². The van der Waals surface area contributed by atoms with Crippen LogP contribution in [0.1, 0.15) is 63.2 Å². The van der Waals surface area contributed by atoms with Gasteiger partial charge in [0.15, 0.2) is 0 Å². The monoisotopic (exact) mass is 438 g/mol. The Hall–Kier alpha value is -0.940. The fraction of sp³-hybridized carbons (Fsp3) is 0.682. The normalized spacial score (nSPS) is 39.3. The lowest BCUT2D eigenvalue weighted by Crippen LogP contribution is -2.43. The fourth-order valence-electron chi connectivity index (χ4n) is 5.99. The van der Waals surface area contributed by atoms with Gasteiger partial charge in [-0.05, 0) is 78.9 Å². The molecule has 0 aromatic heterocycles. The van der Waals surface area contributed by atoms with Crippen molar-refractivity contribution in [3.63, 3.8) is 0 Å². The molecule has 3 nitrogen and oxygen atoms in total. The van der Waals surface area contributed by atoms with Gasteiger partial charge < -0.3 is 9.84 Å². The minimum absolute atomic E-state index is 0.0159. The van der Waals surface area contributed by atoms with Gasteiger partial charge in [0.25, 0.3) is 0 Å². The number of halogens is 2. The van der Waals surface area contributed by atoms with Crippen LogP contribution in [-0.2, 0) is 4.74 Å². The van der Waals surface area contributed by atoms with E-state index in [0.717, 1.165) is 18.8 Å². The first-order chi connectivity index (χ1) is 12.5. The molecule has 3 fully saturated rings. The van der Waals surface area contributed by atoms with Gasteiger partial charge >= 0.3 is 5.97 Å². The Bertz CT molecular complexity index is 759. The highest BCUT2D eigenvalue weighted by Gasteiger charge is 2.65. The molecule has 0 bridgehead atoms. The Kier molecular flexibility index (Phi) is 4.51. The second-order valence-electron chi connectivity index (χ2n) is 10.1. The van der Waals surface area contributed by atoms with E-state index in [2.05, 4.69) is 36.7 Å². The van der Waals surface area contributed by atoms with Crippen molar-refractivity contribution in [2.75, 3.05) is 6.61 Å². The lowest BCUT2D eigenvalue weighted by atomic mass is 9.72. The summed E-state index contributed by atoms with van der Waals surface area (Å²) in [4.78, 5) is 12.4. The summed E-state index contributed by atoms with van der Waals surface area (Å²) in [5, 5.41) is 11.4. The van der Waals surface area contributed by atoms with Gasteiger partial charge in [-0.25, -0.2) is 9.18 Å². The summed E-state index contributed by atoms with van der Waals surface area (Å²) < 4.78 is 19.5.